The van der Waals surface area contributed by atoms with Crippen LogP contribution < -0.4 is 14.8 Å². The van der Waals surface area contributed by atoms with Crippen molar-refractivity contribution in [3.05, 3.63) is 34.4 Å². The topological polar surface area (TPSA) is 61.2 Å². The van der Waals surface area contributed by atoms with Gasteiger partial charge in [0, 0.05) is 19.5 Å². The van der Waals surface area contributed by atoms with Crippen LogP contribution in [0.1, 0.15) is 43.0 Å². The van der Waals surface area contributed by atoms with Gasteiger partial charge >= 0.3 is 0 Å². The summed E-state index contributed by atoms with van der Waals surface area (Å²) in [6, 6.07) is 4.03. The van der Waals surface area contributed by atoms with Crippen molar-refractivity contribution < 1.29 is 9.47 Å². The first-order valence-corrected chi connectivity index (χ1v) is 8.83. The Kier molecular flexibility index (Phi) is 4.33. The summed E-state index contributed by atoms with van der Waals surface area (Å²) in [6.07, 6.45) is 3.43. The van der Waals surface area contributed by atoms with Gasteiger partial charge < -0.3 is 19.4 Å². The maximum Gasteiger partial charge on any atom is 0.179 e. The van der Waals surface area contributed by atoms with Gasteiger partial charge in [0.15, 0.2) is 11.5 Å². The second-order valence-electron chi connectivity index (χ2n) is 6.29. The van der Waals surface area contributed by atoms with Gasteiger partial charge in [0.1, 0.15) is 24.9 Å². The fourth-order valence-corrected chi connectivity index (χ4v) is 3.57. The molecule has 1 aromatic heterocycles. The molecule has 1 atom stereocenters. The normalized spacial score (nSPS) is 17.4. The molecule has 7 heteroatoms. The molecule has 0 spiro atoms. The summed E-state index contributed by atoms with van der Waals surface area (Å²) in [6.45, 7) is 4.91. The van der Waals surface area contributed by atoms with E-state index >= 15 is 0 Å². The highest BCUT2D eigenvalue weighted by atomic mass is 35.5. The van der Waals surface area contributed by atoms with Crippen molar-refractivity contribution in [1.29, 1.82) is 0 Å². The summed E-state index contributed by atoms with van der Waals surface area (Å²) in [4.78, 5) is 0. The third-order valence-corrected chi connectivity index (χ3v) is 4.83. The highest BCUT2D eigenvalue weighted by Gasteiger charge is 2.21. The molecule has 1 aromatic carbocycles. The van der Waals surface area contributed by atoms with Crippen molar-refractivity contribution in [3.8, 4) is 11.5 Å². The first kappa shape index (κ1) is 15.7. The van der Waals surface area contributed by atoms with Crippen LogP contribution >= 0.6 is 11.6 Å². The Morgan fingerprint density at radius 2 is 2.12 bits per heavy atom. The van der Waals surface area contributed by atoms with Crippen LogP contribution in [0.25, 0.3) is 0 Å². The number of aromatic nitrogens is 3. The number of nitrogens with one attached hydrogen (secondary N) is 1. The standard InChI is InChI=1S/C17H21ClN4O2/c1-11(17-21-20-15-4-2-3-5-22(15)17)19-10-12-8-13(18)16-14(9-12)23-6-7-24-16/h8-9,11,19H,2-7,10H2,1H3/t11-/m0/s1. The maximum atomic E-state index is 6.30. The summed E-state index contributed by atoms with van der Waals surface area (Å²) < 4.78 is 13.4. The van der Waals surface area contributed by atoms with Crippen molar-refractivity contribution in [3.63, 3.8) is 0 Å². The zero-order valence-corrected chi connectivity index (χ0v) is 14.5. The lowest BCUT2D eigenvalue weighted by Crippen LogP contribution is -2.24. The molecule has 2 aliphatic rings. The molecule has 24 heavy (non-hydrogen) atoms. The summed E-state index contributed by atoms with van der Waals surface area (Å²) in [5.74, 6) is 3.48. The highest BCUT2D eigenvalue weighted by Crippen LogP contribution is 2.38. The van der Waals surface area contributed by atoms with Crippen LogP contribution in [0.3, 0.4) is 0 Å². The summed E-state index contributed by atoms with van der Waals surface area (Å²) in [5, 5.41) is 12.8. The van der Waals surface area contributed by atoms with Crippen LogP contribution in [-0.2, 0) is 19.5 Å². The van der Waals surface area contributed by atoms with E-state index in [0.717, 1.165) is 35.9 Å². The number of nitrogens with zero attached hydrogens (tertiary/aromatic N) is 3. The van der Waals surface area contributed by atoms with E-state index in [1.54, 1.807) is 0 Å². The second-order valence-corrected chi connectivity index (χ2v) is 6.69. The molecule has 0 radical (unpaired) electrons. The van der Waals surface area contributed by atoms with Crippen LogP contribution in [0.5, 0.6) is 11.5 Å². The lowest BCUT2D eigenvalue weighted by Gasteiger charge is -2.21. The molecule has 1 N–H and O–H groups in total. The van der Waals surface area contributed by atoms with E-state index in [4.69, 9.17) is 21.1 Å². The molecule has 0 saturated carbocycles. The average molecular weight is 349 g/mol. The van der Waals surface area contributed by atoms with Crippen molar-refractivity contribution in [1.82, 2.24) is 20.1 Å². The molecule has 0 amide bonds. The number of halogens is 1. The molecule has 0 fully saturated rings. The Morgan fingerprint density at radius 1 is 1.25 bits per heavy atom. The molecule has 3 heterocycles. The Morgan fingerprint density at radius 3 is 3.04 bits per heavy atom. The van der Waals surface area contributed by atoms with Crippen molar-refractivity contribution in [2.45, 2.75) is 45.3 Å². The number of rotatable bonds is 4. The van der Waals surface area contributed by atoms with Gasteiger partial charge in [-0.15, -0.1) is 10.2 Å². The Labute approximate surface area is 146 Å². The maximum absolute atomic E-state index is 6.30. The molecule has 0 aliphatic carbocycles. The van der Waals surface area contributed by atoms with E-state index in [9.17, 15) is 0 Å². The van der Waals surface area contributed by atoms with Crippen molar-refractivity contribution in [2.24, 2.45) is 0 Å². The number of aryl methyl sites for hydroxylation is 1. The third kappa shape index (κ3) is 2.96. The smallest absolute Gasteiger partial charge is 0.179 e. The number of ether oxygens (including phenoxy) is 2. The number of hydrogen-bond acceptors (Lipinski definition) is 5. The summed E-state index contributed by atoms with van der Waals surface area (Å²) in [5.41, 5.74) is 1.06. The van der Waals surface area contributed by atoms with Crippen LogP contribution in [0, 0.1) is 0 Å². The second kappa shape index (κ2) is 6.61. The highest BCUT2D eigenvalue weighted by molar-refractivity contribution is 6.32. The molecule has 0 unspecified atom stereocenters. The van der Waals surface area contributed by atoms with Gasteiger partial charge in [-0.2, -0.15) is 0 Å². The number of fused-ring (bicyclic) bond motifs is 2. The molecule has 128 valence electrons. The molecule has 6 nitrogen and oxygen atoms in total. The monoisotopic (exact) mass is 348 g/mol. The molecule has 2 aromatic rings. The SMILES string of the molecule is C[C@H](NCc1cc(Cl)c2c(c1)OCCO2)c1nnc2n1CCCC2. The molecule has 4 rings (SSSR count). The molecule has 0 bridgehead atoms. The lowest BCUT2D eigenvalue weighted by molar-refractivity contribution is 0.171. The van der Waals surface area contributed by atoms with Crippen LogP contribution in [-0.4, -0.2) is 28.0 Å². The largest absolute Gasteiger partial charge is 0.486 e. The molecular weight excluding hydrogens is 328 g/mol. The van der Waals surface area contributed by atoms with Gasteiger partial charge in [-0.1, -0.05) is 11.6 Å². The molecule has 2 aliphatic heterocycles. The minimum absolute atomic E-state index is 0.122. The predicted octanol–water partition coefficient (Wildman–Crippen LogP) is 2.89. The van der Waals surface area contributed by atoms with Gasteiger partial charge in [0.2, 0.25) is 0 Å². The van der Waals surface area contributed by atoms with Gasteiger partial charge in [-0.05, 0) is 37.5 Å². The van der Waals surface area contributed by atoms with E-state index in [1.807, 2.05) is 12.1 Å². The van der Waals surface area contributed by atoms with Gasteiger partial charge in [0.25, 0.3) is 0 Å². The Hall–Kier alpha value is -1.79. The van der Waals surface area contributed by atoms with Gasteiger partial charge in [-0.3, -0.25) is 0 Å². The van der Waals surface area contributed by atoms with E-state index in [2.05, 4.69) is 27.0 Å². The molecule has 0 saturated heterocycles. The fourth-order valence-electron chi connectivity index (χ4n) is 3.28. The predicted molar refractivity (Wildman–Crippen MR) is 90.7 cm³/mol. The minimum atomic E-state index is 0.122. The number of hydrogen-bond donors (Lipinski definition) is 1. The van der Waals surface area contributed by atoms with E-state index in [-0.39, 0.29) is 6.04 Å². The fraction of sp³-hybridized carbons (Fsp3) is 0.529. The molecular formula is C17H21ClN4O2. The van der Waals surface area contributed by atoms with Crippen LogP contribution in [0.2, 0.25) is 5.02 Å². The van der Waals surface area contributed by atoms with Crippen molar-refractivity contribution >= 4 is 11.6 Å². The van der Waals surface area contributed by atoms with Crippen molar-refractivity contribution in [2.75, 3.05) is 13.2 Å². The summed E-state index contributed by atoms with van der Waals surface area (Å²) >= 11 is 6.30. The third-order valence-electron chi connectivity index (χ3n) is 4.54. The average Bonchev–Trinajstić information content (AvgIpc) is 3.04. The van der Waals surface area contributed by atoms with E-state index < -0.39 is 0 Å². The first-order chi connectivity index (χ1) is 11.7. The Balaban J connectivity index is 1.47. The van der Waals surface area contributed by atoms with E-state index in [0.29, 0.717) is 30.5 Å². The van der Waals surface area contributed by atoms with E-state index in [1.165, 1.54) is 12.8 Å². The lowest BCUT2D eigenvalue weighted by atomic mass is 10.1. The van der Waals surface area contributed by atoms with Gasteiger partial charge in [-0.25, -0.2) is 0 Å². The van der Waals surface area contributed by atoms with Gasteiger partial charge in [0.05, 0.1) is 11.1 Å². The summed E-state index contributed by atoms with van der Waals surface area (Å²) in [7, 11) is 0. The minimum Gasteiger partial charge on any atom is -0.486 e. The Bertz CT molecular complexity index is 746. The zero-order chi connectivity index (χ0) is 16.5. The zero-order valence-electron chi connectivity index (χ0n) is 13.7. The van der Waals surface area contributed by atoms with Crippen LogP contribution in [0.15, 0.2) is 12.1 Å². The quantitative estimate of drug-likeness (QED) is 0.920. The van der Waals surface area contributed by atoms with Crippen LogP contribution in [0.4, 0.5) is 0 Å². The number of benzene rings is 1. The first-order valence-electron chi connectivity index (χ1n) is 8.46.